The van der Waals surface area contributed by atoms with Crippen LogP contribution >= 0.6 is 11.3 Å². The summed E-state index contributed by atoms with van der Waals surface area (Å²) < 4.78 is 18.2. The molecular formula is C20H17FN4O3S. The van der Waals surface area contributed by atoms with Crippen LogP contribution in [0.15, 0.2) is 65.1 Å². The van der Waals surface area contributed by atoms with Gasteiger partial charge < -0.3 is 4.74 Å². The number of benzene rings is 2. The molecule has 0 spiro atoms. The Morgan fingerprint density at radius 1 is 1.24 bits per heavy atom. The number of carbonyl (C=O) groups excluding carboxylic acids is 2. The highest BCUT2D eigenvalue weighted by molar-refractivity contribution is 7.14. The maximum absolute atomic E-state index is 13.1. The molecule has 0 radical (unpaired) electrons. The van der Waals surface area contributed by atoms with Gasteiger partial charge in [-0.3, -0.25) is 14.5 Å². The number of rotatable bonds is 7. The first-order valence-electron chi connectivity index (χ1n) is 8.54. The quantitative estimate of drug-likeness (QED) is 0.476. The summed E-state index contributed by atoms with van der Waals surface area (Å²) in [6, 6.07) is 14.7. The number of halogens is 1. The molecule has 1 aromatic heterocycles. The summed E-state index contributed by atoms with van der Waals surface area (Å²) in [6.45, 7) is 1.15. The van der Waals surface area contributed by atoms with Crippen LogP contribution in [-0.4, -0.2) is 29.6 Å². The van der Waals surface area contributed by atoms with Crippen molar-refractivity contribution in [1.82, 2.24) is 10.4 Å². The first kappa shape index (κ1) is 20.2. The van der Waals surface area contributed by atoms with E-state index in [0.717, 1.165) is 0 Å². The topological polar surface area (TPSA) is 83.9 Å². The van der Waals surface area contributed by atoms with E-state index >= 15 is 0 Å². The van der Waals surface area contributed by atoms with E-state index in [1.807, 2.05) is 30.3 Å². The Hall–Kier alpha value is -3.59. The fourth-order valence-corrected chi connectivity index (χ4v) is 3.19. The van der Waals surface area contributed by atoms with Crippen molar-refractivity contribution >= 4 is 40.2 Å². The number of thiazole rings is 1. The molecule has 0 fully saturated rings. The third-order valence-corrected chi connectivity index (χ3v) is 4.43. The molecule has 2 amide bonds. The molecule has 0 unspecified atom stereocenters. The third kappa shape index (κ3) is 5.69. The van der Waals surface area contributed by atoms with Gasteiger partial charge in [-0.1, -0.05) is 24.3 Å². The standard InChI is InChI=1S/C20H17FN4O3S/c1-14(26)25(17-7-3-2-4-8-17)20-23-16(13-29-20)11-22-24-19(27)12-28-18-9-5-6-15(21)10-18/h2-11,13H,12H2,1H3,(H,24,27)/b22-11-. The average molecular weight is 412 g/mol. The molecule has 7 nitrogen and oxygen atoms in total. The van der Waals surface area contributed by atoms with Crippen LogP contribution < -0.4 is 15.1 Å². The van der Waals surface area contributed by atoms with Crippen molar-refractivity contribution in [2.45, 2.75) is 6.92 Å². The second-order valence-electron chi connectivity index (χ2n) is 5.78. The Labute approximate surface area is 170 Å². The normalized spacial score (nSPS) is 10.7. The average Bonchev–Trinajstić information content (AvgIpc) is 3.15. The Bertz CT molecular complexity index is 1020. The van der Waals surface area contributed by atoms with Gasteiger partial charge in [0.05, 0.1) is 17.6 Å². The maximum Gasteiger partial charge on any atom is 0.277 e. The molecule has 0 bridgehead atoms. The molecule has 0 aliphatic heterocycles. The molecule has 0 aliphatic carbocycles. The van der Waals surface area contributed by atoms with E-state index in [1.165, 1.54) is 47.6 Å². The lowest BCUT2D eigenvalue weighted by atomic mass is 10.3. The van der Waals surface area contributed by atoms with E-state index in [2.05, 4.69) is 15.5 Å². The smallest absolute Gasteiger partial charge is 0.277 e. The molecule has 3 rings (SSSR count). The molecule has 0 atom stereocenters. The number of nitrogens with one attached hydrogen (secondary N) is 1. The van der Waals surface area contributed by atoms with Gasteiger partial charge in [-0.25, -0.2) is 14.8 Å². The predicted octanol–water partition coefficient (Wildman–Crippen LogP) is 3.50. The first-order chi connectivity index (χ1) is 14.0. The zero-order chi connectivity index (χ0) is 20.6. The van der Waals surface area contributed by atoms with Crippen LogP contribution in [0.5, 0.6) is 5.75 Å². The summed E-state index contributed by atoms with van der Waals surface area (Å²) in [7, 11) is 0. The highest BCUT2D eigenvalue weighted by Crippen LogP contribution is 2.28. The van der Waals surface area contributed by atoms with Crippen LogP contribution in [0.4, 0.5) is 15.2 Å². The SMILES string of the molecule is CC(=O)N(c1ccccc1)c1nc(/C=N\NC(=O)COc2cccc(F)c2)cs1. The minimum atomic E-state index is -0.504. The molecule has 3 aromatic rings. The molecule has 148 valence electrons. The number of anilines is 2. The van der Waals surface area contributed by atoms with Crippen LogP contribution in [-0.2, 0) is 9.59 Å². The van der Waals surface area contributed by atoms with Crippen molar-refractivity contribution in [3.63, 3.8) is 0 Å². The maximum atomic E-state index is 13.1. The number of hydrogen-bond donors (Lipinski definition) is 1. The molecular weight excluding hydrogens is 395 g/mol. The lowest BCUT2D eigenvalue weighted by Gasteiger charge is -2.17. The molecule has 1 heterocycles. The number of para-hydroxylation sites is 1. The number of amides is 2. The largest absolute Gasteiger partial charge is 0.484 e. The summed E-state index contributed by atoms with van der Waals surface area (Å²) in [5.74, 6) is -0.874. The van der Waals surface area contributed by atoms with Gasteiger partial charge in [0.2, 0.25) is 5.91 Å². The van der Waals surface area contributed by atoms with Crippen LogP contribution in [0.1, 0.15) is 12.6 Å². The van der Waals surface area contributed by atoms with Gasteiger partial charge in [-0.15, -0.1) is 11.3 Å². The number of ether oxygens (including phenoxy) is 1. The summed E-state index contributed by atoms with van der Waals surface area (Å²) in [4.78, 5) is 29.6. The zero-order valence-electron chi connectivity index (χ0n) is 15.4. The summed E-state index contributed by atoms with van der Waals surface area (Å²) >= 11 is 1.28. The lowest BCUT2D eigenvalue weighted by Crippen LogP contribution is -2.24. The van der Waals surface area contributed by atoms with Gasteiger partial charge in [0.25, 0.3) is 5.91 Å². The van der Waals surface area contributed by atoms with Crippen molar-refractivity contribution in [2.24, 2.45) is 5.10 Å². The van der Waals surface area contributed by atoms with Crippen molar-refractivity contribution in [1.29, 1.82) is 0 Å². The number of hydrazone groups is 1. The third-order valence-electron chi connectivity index (χ3n) is 3.58. The Morgan fingerprint density at radius 2 is 2.03 bits per heavy atom. The number of nitrogens with zero attached hydrogens (tertiary/aromatic N) is 3. The van der Waals surface area contributed by atoms with Crippen LogP contribution in [0.25, 0.3) is 0 Å². The fraction of sp³-hybridized carbons (Fsp3) is 0.100. The van der Waals surface area contributed by atoms with E-state index < -0.39 is 11.7 Å². The van der Waals surface area contributed by atoms with Crippen molar-refractivity contribution in [2.75, 3.05) is 11.5 Å². The fourth-order valence-electron chi connectivity index (χ4n) is 2.35. The number of hydrogen-bond acceptors (Lipinski definition) is 6. The van der Waals surface area contributed by atoms with Crippen LogP contribution in [0, 0.1) is 5.82 Å². The molecule has 2 aromatic carbocycles. The minimum Gasteiger partial charge on any atom is -0.484 e. The van der Waals surface area contributed by atoms with Gasteiger partial charge >= 0.3 is 0 Å². The summed E-state index contributed by atoms with van der Waals surface area (Å²) in [5, 5.41) is 6.03. The highest BCUT2D eigenvalue weighted by Gasteiger charge is 2.17. The van der Waals surface area contributed by atoms with Crippen LogP contribution in [0.2, 0.25) is 0 Å². The molecule has 29 heavy (non-hydrogen) atoms. The zero-order valence-corrected chi connectivity index (χ0v) is 16.2. The second-order valence-corrected chi connectivity index (χ2v) is 6.62. The van der Waals surface area contributed by atoms with Crippen molar-refractivity contribution < 1.29 is 18.7 Å². The van der Waals surface area contributed by atoms with E-state index in [9.17, 15) is 14.0 Å². The van der Waals surface area contributed by atoms with Gasteiger partial charge in [0, 0.05) is 18.4 Å². The van der Waals surface area contributed by atoms with Crippen molar-refractivity contribution in [3.8, 4) is 5.75 Å². The minimum absolute atomic E-state index is 0.170. The molecule has 9 heteroatoms. The molecule has 0 saturated carbocycles. The molecule has 1 N–H and O–H groups in total. The Morgan fingerprint density at radius 3 is 2.76 bits per heavy atom. The Balaban J connectivity index is 1.57. The molecule has 0 saturated heterocycles. The first-order valence-corrected chi connectivity index (χ1v) is 9.42. The number of carbonyl (C=O) groups is 2. The van der Waals surface area contributed by atoms with Gasteiger partial charge in [-0.2, -0.15) is 5.10 Å². The van der Waals surface area contributed by atoms with E-state index in [-0.39, 0.29) is 18.3 Å². The highest BCUT2D eigenvalue weighted by atomic mass is 32.1. The second kappa shape index (κ2) is 9.56. The van der Waals surface area contributed by atoms with E-state index in [0.29, 0.717) is 16.5 Å². The lowest BCUT2D eigenvalue weighted by molar-refractivity contribution is -0.123. The van der Waals surface area contributed by atoms with Gasteiger partial charge in [0.15, 0.2) is 11.7 Å². The predicted molar refractivity (Wildman–Crippen MR) is 109 cm³/mol. The summed E-state index contributed by atoms with van der Waals surface area (Å²) in [6.07, 6.45) is 1.36. The monoisotopic (exact) mass is 412 g/mol. The van der Waals surface area contributed by atoms with Crippen molar-refractivity contribution in [3.05, 3.63) is 71.5 Å². The summed E-state index contributed by atoms with van der Waals surface area (Å²) in [5.41, 5.74) is 3.50. The number of aromatic nitrogens is 1. The Kier molecular flexibility index (Phi) is 6.64. The van der Waals surface area contributed by atoms with E-state index in [1.54, 1.807) is 11.4 Å². The van der Waals surface area contributed by atoms with Gasteiger partial charge in [0.1, 0.15) is 11.6 Å². The van der Waals surface area contributed by atoms with Crippen LogP contribution in [0.3, 0.4) is 0 Å². The van der Waals surface area contributed by atoms with E-state index in [4.69, 9.17) is 4.74 Å². The van der Waals surface area contributed by atoms with Gasteiger partial charge in [-0.05, 0) is 24.3 Å². The molecule has 0 aliphatic rings.